The van der Waals surface area contributed by atoms with Crippen molar-refractivity contribution < 1.29 is 0 Å². The van der Waals surface area contributed by atoms with Crippen molar-refractivity contribution in [3.63, 3.8) is 0 Å². The highest BCUT2D eigenvalue weighted by atomic mass is 15.3. The van der Waals surface area contributed by atoms with E-state index < -0.39 is 0 Å². The van der Waals surface area contributed by atoms with Crippen LogP contribution in [0.25, 0.3) is 16.9 Å². The van der Waals surface area contributed by atoms with Gasteiger partial charge in [-0.25, -0.2) is 4.68 Å². The fourth-order valence-electron chi connectivity index (χ4n) is 5.95. The van der Waals surface area contributed by atoms with Gasteiger partial charge in [-0.05, 0) is 43.5 Å². The van der Waals surface area contributed by atoms with E-state index in [2.05, 4.69) is 116 Å². The van der Waals surface area contributed by atoms with Crippen LogP contribution in [0.2, 0.25) is 0 Å². The topological polar surface area (TPSA) is 39.6 Å². The molecule has 202 valence electrons. The number of rotatable bonds is 9. The van der Waals surface area contributed by atoms with E-state index in [1.807, 2.05) is 0 Å². The highest BCUT2D eigenvalue weighted by Crippen LogP contribution is 2.37. The van der Waals surface area contributed by atoms with E-state index >= 15 is 0 Å². The third kappa shape index (κ3) is 6.02. The van der Waals surface area contributed by atoms with Crippen LogP contribution < -0.4 is 15.1 Å². The maximum Gasteiger partial charge on any atom is 0.101 e. The molecule has 0 bridgehead atoms. The number of aromatic nitrogens is 2. The minimum atomic E-state index is 0.773. The molecule has 2 fully saturated rings. The molecule has 0 radical (unpaired) electrons. The number of hydrogen-bond donors (Lipinski definition) is 1. The largest absolute Gasteiger partial charge is 0.369 e. The SMILES string of the molecule is c1ccc(-c2c(N3CCCCC3)c(CNCCN3CCN(c4ccccc4)CC3)nn2-c2ccccc2)cc1. The molecule has 0 amide bonds. The lowest BCUT2D eigenvalue weighted by Gasteiger charge is -2.36. The molecule has 1 aromatic heterocycles. The summed E-state index contributed by atoms with van der Waals surface area (Å²) in [6.45, 7) is 9.38. The highest BCUT2D eigenvalue weighted by molar-refractivity contribution is 5.79. The van der Waals surface area contributed by atoms with Crippen LogP contribution in [0.15, 0.2) is 91.0 Å². The van der Waals surface area contributed by atoms with Gasteiger partial charge >= 0.3 is 0 Å². The molecule has 3 heterocycles. The average molecular weight is 521 g/mol. The first kappa shape index (κ1) is 25.7. The molecule has 6 rings (SSSR count). The Labute approximate surface area is 232 Å². The molecule has 2 aliphatic rings. The van der Waals surface area contributed by atoms with Crippen LogP contribution in [0.1, 0.15) is 25.0 Å². The summed E-state index contributed by atoms with van der Waals surface area (Å²) in [5.41, 5.74) is 7.32. The van der Waals surface area contributed by atoms with E-state index in [-0.39, 0.29) is 0 Å². The van der Waals surface area contributed by atoms with Crippen LogP contribution in [0.5, 0.6) is 0 Å². The van der Waals surface area contributed by atoms with Crippen molar-refractivity contribution in [2.24, 2.45) is 0 Å². The molecule has 0 aliphatic carbocycles. The maximum atomic E-state index is 5.25. The minimum absolute atomic E-state index is 0.773. The number of nitrogens with zero attached hydrogens (tertiary/aromatic N) is 5. The zero-order chi connectivity index (χ0) is 26.3. The zero-order valence-corrected chi connectivity index (χ0v) is 22.9. The van der Waals surface area contributed by atoms with Gasteiger partial charge in [0.1, 0.15) is 5.69 Å². The Morgan fingerprint density at radius 2 is 1.23 bits per heavy atom. The van der Waals surface area contributed by atoms with Gasteiger partial charge in [-0.2, -0.15) is 5.10 Å². The lowest BCUT2D eigenvalue weighted by molar-refractivity contribution is 0.257. The predicted molar refractivity (Wildman–Crippen MR) is 162 cm³/mol. The van der Waals surface area contributed by atoms with E-state index in [9.17, 15) is 0 Å². The van der Waals surface area contributed by atoms with E-state index in [1.54, 1.807) is 0 Å². The van der Waals surface area contributed by atoms with Crippen molar-refractivity contribution in [2.45, 2.75) is 25.8 Å². The van der Waals surface area contributed by atoms with Crippen LogP contribution in [0, 0.1) is 0 Å². The quantitative estimate of drug-likeness (QED) is 0.298. The van der Waals surface area contributed by atoms with Gasteiger partial charge in [0.2, 0.25) is 0 Å². The van der Waals surface area contributed by atoms with Crippen molar-refractivity contribution in [2.75, 3.05) is 62.2 Å². The van der Waals surface area contributed by atoms with E-state index in [4.69, 9.17) is 5.10 Å². The number of nitrogens with one attached hydrogen (secondary N) is 1. The fraction of sp³-hybridized carbons (Fsp3) is 0.364. The van der Waals surface area contributed by atoms with Gasteiger partial charge in [0.15, 0.2) is 0 Å². The highest BCUT2D eigenvalue weighted by Gasteiger charge is 2.26. The molecule has 6 nitrogen and oxygen atoms in total. The first-order chi connectivity index (χ1) is 19.4. The van der Waals surface area contributed by atoms with Crippen molar-refractivity contribution in [1.29, 1.82) is 0 Å². The zero-order valence-electron chi connectivity index (χ0n) is 22.9. The van der Waals surface area contributed by atoms with Gasteiger partial charge in [-0.1, -0.05) is 66.7 Å². The molecule has 0 saturated carbocycles. The summed E-state index contributed by atoms with van der Waals surface area (Å²) in [6.07, 6.45) is 3.80. The van der Waals surface area contributed by atoms with Gasteiger partial charge in [-0.3, -0.25) is 4.90 Å². The number of piperazine rings is 1. The summed E-state index contributed by atoms with van der Waals surface area (Å²) >= 11 is 0. The van der Waals surface area contributed by atoms with Crippen molar-refractivity contribution in [3.8, 4) is 16.9 Å². The van der Waals surface area contributed by atoms with E-state index in [1.165, 1.54) is 41.9 Å². The molecule has 2 aliphatic heterocycles. The van der Waals surface area contributed by atoms with E-state index in [0.717, 1.165) is 70.3 Å². The van der Waals surface area contributed by atoms with Crippen molar-refractivity contribution in [3.05, 3.63) is 96.7 Å². The third-order valence-electron chi connectivity index (χ3n) is 8.04. The molecular formula is C33H40N6. The minimum Gasteiger partial charge on any atom is -0.369 e. The Bertz CT molecular complexity index is 1290. The number of benzene rings is 3. The summed E-state index contributed by atoms with van der Waals surface area (Å²) in [5.74, 6) is 0. The summed E-state index contributed by atoms with van der Waals surface area (Å²) < 4.78 is 2.17. The maximum absolute atomic E-state index is 5.25. The van der Waals surface area contributed by atoms with Crippen LogP contribution in [-0.4, -0.2) is 67.0 Å². The predicted octanol–water partition coefficient (Wildman–Crippen LogP) is 5.44. The lowest BCUT2D eigenvalue weighted by Crippen LogP contribution is -2.48. The normalized spacial score (nSPS) is 16.5. The van der Waals surface area contributed by atoms with Gasteiger partial charge in [0, 0.05) is 70.2 Å². The Morgan fingerprint density at radius 1 is 0.615 bits per heavy atom. The van der Waals surface area contributed by atoms with Crippen LogP contribution in [0.3, 0.4) is 0 Å². The van der Waals surface area contributed by atoms with E-state index in [0.29, 0.717) is 0 Å². The molecule has 4 aromatic rings. The van der Waals surface area contributed by atoms with Crippen LogP contribution in [0.4, 0.5) is 11.4 Å². The molecule has 6 heteroatoms. The molecule has 0 unspecified atom stereocenters. The smallest absolute Gasteiger partial charge is 0.101 e. The molecular weight excluding hydrogens is 480 g/mol. The van der Waals surface area contributed by atoms with Gasteiger partial charge in [0.05, 0.1) is 17.1 Å². The summed E-state index contributed by atoms with van der Waals surface area (Å²) in [5, 5.41) is 9.01. The monoisotopic (exact) mass is 520 g/mol. The van der Waals surface area contributed by atoms with Crippen molar-refractivity contribution in [1.82, 2.24) is 20.0 Å². The molecule has 0 atom stereocenters. The standard InChI is InChI=1S/C33H40N6/c1-5-13-28(14-6-1)32-33(38-20-11-4-12-21-38)31(35-39(32)30-17-9-3-10-18-30)27-34-19-22-36-23-25-37(26-24-36)29-15-7-2-8-16-29/h1-3,5-10,13-18,34H,4,11-12,19-27H2. The second kappa shape index (κ2) is 12.5. The van der Waals surface area contributed by atoms with Crippen LogP contribution in [-0.2, 0) is 6.54 Å². The summed E-state index contributed by atoms with van der Waals surface area (Å²) in [4.78, 5) is 7.66. The molecule has 39 heavy (non-hydrogen) atoms. The van der Waals surface area contributed by atoms with Gasteiger partial charge < -0.3 is 15.1 Å². The van der Waals surface area contributed by atoms with Gasteiger partial charge in [-0.15, -0.1) is 0 Å². The fourth-order valence-corrected chi connectivity index (χ4v) is 5.95. The third-order valence-corrected chi connectivity index (χ3v) is 8.04. The van der Waals surface area contributed by atoms with Crippen LogP contribution >= 0.6 is 0 Å². The average Bonchev–Trinajstić information content (AvgIpc) is 3.41. The first-order valence-corrected chi connectivity index (χ1v) is 14.6. The second-order valence-corrected chi connectivity index (χ2v) is 10.6. The number of piperidine rings is 1. The number of anilines is 2. The molecule has 1 N–H and O–H groups in total. The Hall–Kier alpha value is -3.61. The Kier molecular flexibility index (Phi) is 8.22. The first-order valence-electron chi connectivity index (χ1n) is 14.6. The second-order valence-electron chi connectivity index (χ2n) is 10.6. The lowest BCUT2D eigenvalue weighted by atomic mass is 10.1. The van der Waals surface area contributed by atoms with Crippen molar-refractivity contribution >= 4 is 11.4 Å². The summed E-state index contributed by atoms with van der Waals surface area (Å²) in [7, 11) is 0. The number of para-hydroxylation sites is 2. The Balaban J connectivity index is 1.17. The Morgan fingerprint density at radius 3 is 1.90 bits per heavy atom. The number of hydrogen-bond acceptors (Lipinski definition) is 5. The van der Waals surface area contributed by atoms with Gasteiger partial charge in [0.25, 0.3) is 0 Å². The molecule has 2 saturated heterocycles. The molecule has 3 aromatic carbocycles. The summed E-state index contributed by atoms with van der Waals surface area (Å²) in [6, 6.07) is 32.2. The molecule has 0 spiro atoms.